The zero-order chi connectivity index (χ0) is 28.2. The standard InChI is InChI=1S/C28H28N10S2/c29-25(33-19-11-3-1-4-12-19)37-27(31)35-21-15-7-9-17-23(21)39-40-24-18-10-8-16-22(24)36-28(32)38-26(30)34-20-13-5-2-6-14-20/h1-18H,(H5,29,31,33,35,37)(H5,30,32,34,36,38). The lowest BCUT2D eigenvalue weighted by Gasteiger charge is -2.08. The van der Waals surface area contributed by atoms with Crippen molar-refractivity contribution in [1.29, 1.82) is 0 Å². The molecule has 0 aliphatic heterocycles. The smallest absolute Gasteiger partial charge is 0.223 e. The second kappa shape index (κ2) is 14.3. The third-order valence-corrected chi connectivity index (χ3v) is 7.44. The Morgan fingerprint density at radius 3 is 1.23 bits per heavy atom. The van der Waals surface area contributed by atoms with E-state index in [4.69, 9.17) is 22.9 Å². The van der Waals surface area contributed by atoms with Crippen LogP contribution in [0.3, 0.4) is 0 Å². The van der Waals surface area contributed by atoms with Crippen LogP contribution < -0.4 is 33.6 Å². The van der Waals surface area contributed by atoms with Gasteiger partial charge in [-0.1, -0.05) is 82.3 Å². The van der Waals surface area contributed by atoms with Crippen LogP contribution in [0, 0.1) is 0 Å². The highest BCUT2D eigenvalue weighted by molar-refractivity contribution is 8.76. The molecule has 12 heteroatoms. The summed E-state index contributed by atoms with van der Waals surface area (Å²) in [6.07, 6.45) is 0. The molecule has 0 atom stereocenters. The zero-order valence-electron chi connectivity index (χ0n) is 21.3. The second-order valence-electron chi connectivity index (χ2n) is 8.02. The van der Waals surface area contributed by atoms with E-state index >= 15 is 0 Å². The number of nitrogens with zero attached hydrogens (tertiary/aromatic N) is 4. The van der Waals surface area contributed by atoms with Crippen LogP contribution in [0.4, 0.5) is 22.7 Å². The first-order valence-corrected chi connectivity index (χ1v) is 14.1. The molecule has 0 aromatic heterocycles. The highest BCUT2D eigenvalue weighted by Gasteiger charge is 2.08. The first kappa shape index (κ1) is 28.1. The summed E-state index contributed by atoms with van der Waals surface area (Å²) in [5.41, 5.74) is 27.0. The molecule has 0 saturated heterocycles. The van der Waals surface area contributed by atoms with E-state index in [1.54, 1.807) is 0 Å². The molecular weight excluding hydrogens is 541 g/mol. The van der Waals surface area contributed by atoms with Crippen molar-refractivity contribution < 1.29 is 0 Å². The van der Waals surface area contributed by atoms with Crippen molar-refractivity contribution in [3.63, 3.8) is 0 Å². The van der Waals surface area contributed by atoms with E-state index in [0.717, 1.165) is 21.2 Å². The van der Waals surface area contributed by atoms with Crippen molar-refractivity contribution in [2.45, 2.75) is 9.79 Å². The predicted octanol–water partition coefficient (Wildman–Crippen LogP) is 5.23. The lowest BCUT2D eigenvalue weighted by molar-refractivity contribution is 1.33. The maximum Gasteiger partial charge on any atom is 0.223 e. The molecule has 0 aliphatic carbocycles. The van der Waals surface area contributed by atoms with E-state index in [0.29, 0.717) is 11.4 Å². The summed E-state index contributed by atoms with van der Waals surface area (Å²) in [5, 5.41) is 5.96. The summed E-state index contributed by atoms with van der Waals surface area (Å²) in [6.45, 7) is 0. The SMILES string of the molecule is NC(=Nc1ccccc1SSc1ccccc1N=C(N)/N=C(\N)Nc1ccccc1)/N=C(\N)Nc1ccccc1. The Morgan fingerprint density at radius 1 is 0.475 bits per heavy atom. The van der Waals surface area contributed by atoms with E-state index in [1.807, 2.05) is 109 Å². The number of para-hydroxylation sites is 4. The zero-order valence-corrected chi connectivity index (χ0v) is 22.9. The van der Waals surface area contributed by atoms with Crippen molar-refractivity contribution >= 4 is 68.2 Å². The minimum absolute atomic E-state index is 0.0244. The number of benzene rings is 4. The maximum absolute atomic E-state index is 6.07. The molecule has 10 nitrogen and oxygen atoms in total. The van der Waals surface area contributed by atoms with Crippen molar-refractivity contribution in [3.05, 3.63) is 109 Å². The average Bonchev–Trinajstić information content (AvgIpc) is 2.94. The Labute approximate surface area is 240 Å². The minimum atomic E-state index is 0.0244. The van der Waals surface area contributed by atoms with E-state index in [2.05, 4.69) is 30.6 Å². The number of guanidine groups is 4. The number of rotatable bonds is 7. The van der Waals surface area contributed by atoms with Gasteiger partial charge < -0.3 is 33.6 Å². The van der Waals surface area contributed by atoms with Gasteiger partial charge in [-0.2, -0.15) is 9.98 Å². The van der Waals surface area contributed by atoms with E-state index in [-0.39, 0.29) is 23.8 Å². The quantitative estimate of drug-likeness (QED) is 0.0996. The van der Waals surface area contributed by atoms with Crippen molar-refractivity contribution in [2.75, 3.05) is 10.6 Å². The molecule has 0 fully saturated rings. The molecule has 0 heterocycles. The number of aliphatic imine (C=N–C) groups is 4. The molecule has 0 amide bonds. The van der Waals surface area contributed by atoms with Crippen LogP contribution in [0.15, 0.2) is 139 Å². The second-order valence-corrected chi connectivity index (χ2v) is 10.2. The molecule has 0 radical (unpaired) electrons. The van der Waals surface area contributed by atoms with Gasteiger partial charge in [0.1, 0.15) is 0 Å². The highest BCUT2D eigenvalue weighted by atomic mass is 33.1. The number of hydrogen-bond acceptors (Lipinski definition) is 4. The van der Waals surface area contributed by atoms with Crippen LogP contribution in [0.25, 0.3) is 0 Å². The van der Waals surface area contributed by atoms with Gasteiger partial charge in [0.2, 0.25) is 23.8 Å². The molecule has 4 aromatic rings. The van der Waals surface area contributed by atoms with Crippen LogP contribution in [0.5, 0.6) is 0 Å². The van der Waals surface area contributed by atoms with Gasteiger partial charge in [0.05, 0.1) is 11.4 Å². The Balaban J connectivity index is 1.45. The fourth-order valence-electron chi connectivity index (χ4n) is 3.27. The fraction of sp³-hybridized carbons (Fsp3) is 0. The lowest BCUT2D eigenvalue weighted by atomic mass is 10.3. The maximum atomic E-state index is 6.07. The van der Waals surface area contributed by atoms with Crippen LogP contribution in [0.2, 0.25) is 0 Å². The summed E-state index contributed by atoms with van der Waals surface area (Å²) in [6, 6.07) is 34.1. The summed E-state index contributed by atoms with van der Waals surface area (Å²) >= 11 is 0. The molecular formula is C28H28N10S2. The minimum Gasteiger partial charge on any atom is -0.369 e. The van der Waals surface area contributed by atoms with Crippen LogP contribution >= 0.6 is 21.6 Å². The van der Waals surface area contributed by atoms with Gasteiger partial charge in [-0.15, -0.1) is 0 Å². The summed E-state index contributed by atoms with van der Waals surface area (Å²) in [4.78, 5) is 19.0. The number of nitrogens with one attached hydrogen (secondary N) is 2. The molecule has 0 unspecified atom stereocenters. The predicted molar refractivity (Wildman–Crippen MR) is 171 cm³/mol. The molecule has 4 aromatic carbocycles. The van der Waals surface area contributed by atoms with Crippen molar-refractivity contribution in [3.8, 4) is 0 Å². The molecule has 0 saturated carbocycles. The molecule has 0 bridgehead atoms. The van der Waals surface area contributed by atoms with Crippen LogP contribution in [-0.2, 0) is 0 Å². The third-order valence-electron chi connectivity index (χ3n) is 4.98. The first-order valence-electron chi connectivity index (χ1n) is 12.0. The van der Waals surface area contributed by atoms with Crippen LogP contribution in [0.1, 0.15) is 0 Å². The topological polar surface area (TPSA) is 178 Å². The van der Waals surface area contributed by atoms with Gasteiger partial charge in [0.15, 0.2) is 0 Å². The molecule has 40 heavy (non-hydrogen) atoms. The molecule has 4 rings (SSSR count). The van der Waals surface area contributed by atoms with Crippen molar-refractivity contribution in [1.82, 2.24) is 0 Å². The Bertz CT molecular complexity index is 1420. The van der Waals surface area contributed by atoms with Gasteiger partial charge in [-0.05, 0) is 48.5 Å². The van der Waals surface area contributed by atoms with E-state index in [1.165, 1.54) is 21.6 Å². The molecule has 0 aliphatic rings. The first-order chi connectivity index (χ1) is 19.5. The van der Waals surface area contributed by atoms with Gasteiger partial charge in [0, 0.05) is 21.2 Å². The largest absolute Gasteiger partial charge is 0.369 e. The highest BCUT2D eigenvalue weighted by Crippen LogP contribution is 2.44. The molecule has 0 spiro atoms. The van der Waals surface area contributed by atoms with E-state index < -0.39 is 0 Å². The third kappa shape index (κ3) is 8.82. The number of anilines is 2. The Morgan fingerprint density at radius 2 is 0.825 bits per heavy atom. The normalized spacial score (nSPS) is 12.7. The summed E-state index contributed by atoms with van der Waals surface area (Å²) in [5.74, 6) is 0.324. The number of hydrogen-bond donors (Lipinski definition) is 6. The number of nitrogens with two attached hydrogens (primary N) is 4. The molecule has 202 valence electrons. The van der Waals surface area contributed by atoms with Gasteiger partial charge in [-0.3, -0.25) is 0 Å². The fourth-order valence-corrected chi connectivity index (χ4v) is 5.50. The lowest BCUT2D eigenvalue weighted by Crippen LogP contribution is -2.26. The summed E-state index contributed by atoms with van der Waals surface area (Å²) in [7, 11) is 2.99. The Kier molecular flexibility index (Phi) is 10.0. The van der Waals surface area contributed by atoms with Crippen molar-refractivity contribution in [2.24, 2.45) is 42.9 Å². The summed E-state index contributed by atoms with van der Waals surface area (Å²) < 4.78 is 0. The molecule has 10 N–H and O–H groups in total. The van der Waals surface area contributed by atoms with Crippen LogP contribution in [-0.4, -0.2) is 23.8 Å². The van der Waals surface area contributed by atoms with E-state index in [9.17, 15) is 0 Å². The average molecular weight is 569 g/mol. The van der Waals surface area contributed by atoms with Gasteiger partial charge in [0.25, 0.3) is 0 Å². The van der Waals surface area contributed by atoms with Gasteiger partial charge >= 0.3 is 0 Å². The Hall–Kier alpha value is -4.94. The van der Waals surface area contributed by atoms with Gasteiger partial charge in [-0.25, -0.2) is 9.98 Å². The monoisotopic (exact) mass is 568 g/mol.